The molecule has 1 aromatic rings. The summed E-state index contributed by atoms with van der Waals surface area (Å²) in [5, 5.41) is 3.24. The molecule has 0 fully saturated rings. The number of benzene rings is 1. The molecule has 15 heavy (non-hydrogen) atoms. The predicted molar refractivity (Wildman–Crippen MR) is 57.0 cm³/mol. The average Bonchev–Trinajstić information content (AvgIpc) is 2.13. The number of amides is 1. The molecule has 0 aliphatic carbocycles. The number of aryl methyl sites for hydroxylation is 1. The second-order valence-corrected chi connectivity index (χ2v) is 3.67. The van der Waals surface area contributed by atoms with Crippen molar-refractivity contribution >= 4 is 17.5 Å². The third kappa shape index (κ3) is 3.49. The summed E-state index contributed by atoms with van der Waals surface area (Å²) in [6.07, 6.45) is 0. The van der Waals surface area contributed by atoms with Crippen LogP contribution in [0.2, 0.25) is 5.02 Å². The van der Waals surface area contributed by atoms with Gasteiger partial charge in [-0.1, -0.05) is 11.6 Å². The largest absolute Gasteiger partial charge is 0.369 e. The first-order valence-corrected chi connectivity index (χ1v) is 4.82. The zero-order chi connectivity index (χ0) is 11.4. The highest BCUT2D eigenvalue weighted by atomic mass is 35.5. The van der Waals surface area contributed by atoms with Gasteiger partial charge in [0.2, 0.25) is 5.91 Å². The minimum Gasteiger partial charge on any atom is -0.369 e. The Morgan fingerprint density at radius 3 is 2.87 bits per heavy atom. The van der Waals surface area contributed by atoms with Gasteiger partial charge in [0.05, 0.1) is 6.54 Å². The van der Waals surface area contributed by atoms with E-state index in [0.717, 1.165) is 0 Å². The van der Waals surface area contributed by atoms with Crippen LogP contribution in [0, 0.1) is 12.7 Å². The fraction of sp³-hybridized carbons (Fsp3) is 0.300. The molecule has 1 amide bonds. The van der Waals surface area contributed by atoms with Crippen molar-refractivity contribution in [1.29, 1.82) is 0 Å². The van der Waals surface area contributed by atoms with Crippen LogP contribution in [-0.4, -0.2) is 12.5 Å². The summed E-state index contributed by atoms with van der Waals surface area (Å²) in [5.74, 6) is -0.769. The molecule has 0 aliphatic rings. The topological polar surface area (TPSA) is 55.1 Å². The van der Waals surface area contributed by atoms with Gasteiger partial charge in [0.25, 0.3) is 0 Å². The predicted octanol–water partition coefficient (Wildman–Crippen LogP) is 1.36. The molecule has 5 heteroatoms. The van der Waals surface area contributed by atoms with Crippen LogP contribution in [-0.2, 0) is 11.3 Å². The monoisotopic (exact) mass is 230 g/mol. The Balaban J connectivity index is 2.69. The van der Waals surface area contributed by atoms with Crippen molar-refractivity contribution < 1.29 is 9.18 Å². The first-order valence-electron chi connectivity index (χ1n) is 4.44. The minimum atomic E-state index is -0.460. The average molecular weight is 231 g/mol. The normalized spacial score (nSPS) is 10.3. The molecule has 0 unspecified atom stereocenters. The number of rotatable bonds is 4. The van der Waals surface area contributed by atoms with E-state index in [1.165, 1.54) is 6.07 Å². The third-order valence-corrected chi connectivity index (χ3v) is 2.29. The lowest BCUT2D eigenvalue weighted by atomic mass is 10.1. The SMILES string of the molecule is Cc1cc(Cl)c(CNCC(N)=O)cc1F. The number of carbonyl (C=O) groups is 1. The molecule has 0 radical (unpaired) electrons. The summed E-state index contributed by atoms with van der Waals surface area (Å²) in [6, 6.07) is 2.91. The van der Waals surface area contributed by atoms with Crippen LogP contribution in [0.25, 0.3) is 0 Å². The minimum absolute atomic E-state index is 0.0474. The maximum Gasteiger partial charge on any atom is 0.231 e. The van der Waals surface area contributed by atoms with E-state index >= 15 is 0 Å². The van der Waals surface area contributed by atoms with Gasteiger partial charge < -0.3 is 11.1 Å². The van der Waals surface area contributed by atoms with Gasteiger partial charge in [-0.25, -0.2) is 4.39 Å². The highest BCUT2D eigenvalue weighted by Crippen LogP contribution is 2.20. The molecule has 0 bridgehead atoms. The van der Waals surface area contributed by atoms with Gasteiger partial charge in [0, 0.05) is 11.6 Å². The summed E-state index contributed by atoms with van der Waals surface area (Å²) >= 11 is 5.89. The fourth-order valence-electron chi connectivity index (χ4n) is 1.14. The number of nitrogens with two attached hydrogens (primary N) is 1. The van der Waals surface area contributed by atoms with Crippen molar-refractivity contribution in [3.63, 3.8) is 0 Å². The van der Waals surface area contributed by atoms with Gasteiger partial charge in [-0.05, 0) is 30.2 Å². The van der Waals surface area contributed by atoms with Crippen LogP contribution in [0.1, 0.15) is 11.1 Å². The number of hydrogen-bond donors (Lipinski definition) is 2. The second kappa shape index (κ2) is 5.09. The van der Waals surface area contributed by atoms with Crippen LogP contribution >= 0.6 is 11.6 Å². The lowest BCUT2D eigenvalue weighted by Gasteiger charge is -2.07. The highest BCUT2D eigenvalue weighted by Gasteiger charge is 2.05. The number of carbonyl (C=O) groups excluding carboxylic acids is 1. The zero-order valence-electron chi connectivity index (χ0n) is 8.31. The summed E-state index contributed by atoms with van der Waals surface area (Å²) in [4.78, 5) is 10.4. The Morgan fingerprint density at radius 1 is 1.60 bits per heavy atom. The molecule has 3 N–H and O–H groups in total. The lowest BCUT2D eigenvalue weighted by molar-refractivity contribution is -0.117. The van der Waals surface area contributed by atoms with Crippen LogP contribution < -0.4 is 11.1 Å². The first kappa shape index (κ1) is 11.9. The molecule has 0 saturated heterocycles. The van der Waals surface area contributed by atoms with E-state index in [0.29, 0.717) is 22.7 Å². The standard InChI is InChI=1S/C10H12ClFN2O/c1-6-2-8(11)7(3-9(6)12)4-14-5-10(13)15/h2-3,14H,4-5H2,1H3,(H2,13,15). The van der Waals surface area contributed by atoms with E-state index in [-0.39, 0.29) is 12.4 Å². The number of halogens is 2. The number of nitrogens with one attached hydrogen (secondary N) is 1. The van der Waals surface area contributed by atoms with Gasteiger partial charge in [0.1, 0.15) is 5.82 Å². The van der Waals surface area contributed by atoms with E-state index in [1.807, 2.05) is 0 Å². The first-order chi connectivity index (χ1) is 7.00. The van der Waals surface area contributed by atoms with E-state index in [9.17, 15) is 9.18 Å². The Labute approximate surface area is 92.4 Å². The summed E-state index contributed by atoms with van der Waals surface area (Å²) < 4.78 is 13.2. The highest BCUT2D eigenvalue weighted by molar-refractivity contribution is 6.31. The molecular formula is C10H12ClFN2O. The van der Waals surface area contributed by atoms with Crippen molar-refractivity contribution in [2.24, 2.45) is 5.73 Å². The van der Waals surface area contributed by atoms with Crippen molar-refractivity contribution in [2.75, 3.05) is 6.54 Å². The summed E-state index contributed by atoms with van der Waals surface area (Å²) in [6.45, 7) is 2.01. The Bertz CT molecular complexity index is 382. The Morgan fingerprint density at radius 2 is 2.27 bits per heavy atom. The Kier molecular flexibility index (Phi) is 4.05. The Hall–Kier alpha value is -1.13. The fourth-order valence-corrected chi connectivity index (χ4v) is 1.43. The molecule has 0 aromatic heterocycles. The molecule has 1 rings (SSSR count). The van der Waals surface area contributed by atoms with Gasteiger partial charge in [-0.2, -0.15) is 0 Å². The zero-order valence-corrected chi connectivity index (χ0v) is 9.07. The van der Waals surface area contributed by atoms with Gasteiger partial charge >= 0.3 is 0 Å². The van der Waals surface area contributed by atoms with E-state index < -0.39 is 5.91 Å². The van der Waals surface area contributed by atoms with E-state index in [4.69, 9.17) is 17.3 Å². The molecule has 82 valence electrons. The molecule has 0 aliphatic heterocycles. The van der Waals surface area contributed by atoms with Crippen molar-refractivity contribution in [2.45, 2.75) is 13.5 Å². The van der Waals surface area contributed by atoms with Gasteiger partial charge in [-0.3, -0.25) is 4.79 Å². The van der Waals surface area contributed by atoms with Crippen molar-refractivity contribution in [3.8, 4) is 0 Å². The van der Waals surface area contributed by atoms with E-state index in [1.54, 1.807) is 13.0 Å². The van der Waals surface area contributed by atoms with Crippen molar-refractivity contribution in [3.05, 3.63) is 34.1 Å². The molecular weight excluding hydrogens is 219 g/mol. The van der Waals surface area contributed by atoms with E-state index in [2.05, 4.69) is 5.32 Å². The molecule has 0 spiro atoms. The van der Waals surface area contributed by atoms with Crippen LogP contribution in [0.15, 0.2) is 12.1 Å². The quantitative estimate of drug-likeness (QED) is 0.821. The molecule has 0 atom stereocenters. The number of hydrogen-bond acceptors (Lipinski definition) is 2. The van der Waals surface area contributed by atoms with Gasteiger partial charge in [-0.15, -0.1) is 0 Å². The third-order valence-electron chi connectivity index (χ3n) is 1.94. The molecule has 3 nitrogen and oxygen atoms in total. The number of primary amides is 1. The van der Waals surface area contributed by atoms with Crippen LogP contribution in [0.5, 0.6) is 0 Å². The maximum absolute atomic E-state index is 13.2. The summed E-state index contributed by atoms with van der Waals surface area (Å²) in [5.41, 5.74) is 6.05. The molecule has 0 heterocycles. The van der Waals surface area contributed by atoms with Gasteiger partial charge in [0.15, 0.2) is 0 Å². The maximum atomic E-state index is 13.2. The molecule has 1 aromatic carbocycles. The van der Waals surface area contributed by atoms with Crippen molar-refractivity contribution in [1.82, 2.24) is 5.32 Å². The molecule has 0 saturated carbocycles. The summed E-state index contributed by atoms with van der Waals surface area (Å²) in [7, 11) is 0. The van der Waals surface area contributed by atoms with Crippen LogP contribution in [0.4, 0.5) is 4.39 Å². The van der Waals surface area contributed by atoms with Crippen LogP contribution in [0.3, 0.4) is 0 Å². The lowest BCUT2D eigenvalue weighted by Crippen LogP contribution is -2.28. The smallest absolute Gasteiger partial charge is 0.231 e. The second-order valence-electron chi connectivity index (χ2n) is 3.26.